The van der Waals surface area contributed by atoms with Gasteiger partial charge in [0.25, 0.3) is 0 Å². The van der Waals surface area contributed by atoms with Crippen molar-refractivity contribution in [3.63, 3.8) is 0 Å². The van der Waals surface area contributed by atoms with Gasteiger partial charge in [0.15, 0.2) is 0 Å². The lowest BCUT2D eigenvalue weighted by Crippen LogP contribution is -2.36. The summed E-state index contributed by atoms with van der Waals surface area (Å²) in [4.78, 5) is 27.4. The van der Waals surface area contributed by atoms with Crippen LogP contribution in [0, 0.1) is 0 Å². The number of carbonyl (C=O) groups is 1. The number of pyridine rings is 1. The van der Waals surface area contributed by atoms with Gasteiger partial charge in [-0.15, -0.1) is 0 Å². The van der Waals surface area contributed by atoms with Crippen molar-refractivity contribution < 1.29 is 4.79 Å². The standard InChI is InChI=1S/C20H22N2O2/c23-19-12-11-16-17(21-19)9-4-10-18(16)22-20(24)15-8-3-6-13-5-1-2-7-14(13)15/h1-2,5,7,11-12,15,18H,3-4,6,8-10H2,(H,21,23)(H,22,24). The number of hydrogen-bond acceptors (Lipinski definition) is 2. The molecule has 0 fully saturated rings. The van der Waals surface area contributed by atoms with Gasteiger partial charge in [-0.1, -0.05) is 24.3 Å². The minimum atomic E-state index is -0.0677. The Morgan fingerprint density at radius 1 is 1.00 bits per heavy atom. The number of aromatic nitrogens is 1. The molecular weight excluding hydrogens is 300 g/mol. The molecule has 24 heavy (non-hydrogen) atoms. The number of H-pyrrole nitrogens is 1. The fourth-order valence-corrected chi connectivity index (χ4v) is 4.15. The van der Waals surface area contributed by atoms with Gasteiger partial charge in [-0.2, -0.15) is 0 Å². The maximum Gasteiger partial charge on any atom is 0.248 e. The Morgan fingerprint density at radius 3 is 2.75 bits per heavy atom. The highest BCUT2D eigenvalue weighted by Crippen LogP contribution is 2.33. The lowest BCUT2D eigenvalue weighted by Gasteiger charge is -2.30. The van der Waals surface area contributed by atoms with Crippen molar-refractivity contribution in [2.24, 2.45) is 0 Å². The van der Waals surface area contributed by atoms with Crippen LogP contribution in [-0.4, -0.2) is 10.9 Å². The van der Waals surface area contributed by atoms with Crippen molar-refractivity contribution >= 4 is 5.91 Å². The average Bonchev–Trinajstić information content (AvgIpc) is 2.61. The number of fused-ring (bicyclic) bond motifs is 2. The van der Waals surface area contributed by atoms with Crippen LogP contribution in [0.3, 0.4) is 0 Å². The summed E-state index contributed by atoms with van der Waals surface area (Å²) in [6.45, 7) is 0. The molecule has 124 valence electrons. The Morgan fingerprint density at radius 2 is 1.83 bits per heavy atom. The normalized spacial score (nSPS) is 22.3. The number of aromatic amines is 1. The third-order valence-corrected chi connectivity index (χ3v) is 5.33. The van der Waals surface area contributed by atoms with Gasteiger partial charge in [0.05, 0.1) is 12.0 Å². The van der Waals surface area contributed by atoms with E-state index in [1.54, 1.807) is 6.07 Å². The monoisotopic (exact) mass is 322 g/mol. The molecule has 1 aromatic heterocycles. The zero-order valence-corrected chi connectivity index (χ0v) is 13.7. The summed E-state index contributed by atoms with van der Waals surface area (Å²) in [5.41, 5.74) is 4.46. The van der Waals surface area contributed by atoms with Crippen LogP contribution in [0.2, 0.25) is 0 Å². The quantitative estimate of drug-likeness (QED) is 0.893. The van der Waals surface area contributed by atoms with E-state index < -0.39 is 0 Å². The molecule has 2 aliphatic rings. The van der Waals surface area contributed by atoms with E-state index in [4.69, 9.17) is 0 Å². The first-order valence-corrected chi connectivity index (χ1v) is 8.82. The molecule has 1 heterocycles. The molecule has 0 radical (unpaired) electrons. The highest BCUT2D eigenvalue weighted by molar-refractivity contribution is 5.84. The van der Waals surface area contributed by atoms with Gasteiger partial charge >= 0.3 is 0 Å². The van der Waals surface area contributed by atoms with Crippen LogP contribution in [0.15, 0.2) is 41.2 Å². The maximum absolute atomic E-state index is 12.9. The number of carbonyl (C=O) groups excluding carboxylic acids is 1. The van der Waals surface area contributed by atoms with E-state index >= 15 is 0 Å². The van der Waals surface area contributed by atoms with E-state index in [1.807, 2.05) is 18.2 Å². The number of nitrogens with one attached hydrogen (secondary N) is 2. The zero-order valence-electron chi connectivity index (χ0n) is 13.7. The summed E-state index contributed by atoms with van der Waals surface area (Å²) in [5.74, 6) is 0.0642. The number of hydrogen-bond donors (Lipinski definition) is 2. The smallest absolute Gasteiger partial charge is 0.248 e. The summed E-state index contributed by atoms with van der Waals surface area (Å²) in [6.07, 6.45) is 5.83. The van der Waals surface area contributed by atoms with Gasteiger partial charge in [0.2, 0.25) is 11.5 Å². The third kappa shape index (κ3) is 2.77. The molecule has 4 nitrogen and oxygen atoms in total. The molecule has 2 atom stereocenters. The van der Waals surface area contributed by atoms with Crippen LogP contribution in [0.4, 0.5) is 0 Å². The van der Waals surface area contributed by atoms with Crippen molar-refractivity contribution in [1.29, 1.82) is 0 Å². The molecule has 2 aliphatic carbocycles. The Labute approximate surface area is 141 Å². The molecule has 2 aromatic rings. The topological polar surface area (TPSA) is 62.0 Å². The van der Waals surface area contributed by atoms with Crippen molar-refractivity contribution in [3.8, 4) is 0 Å². The van der Waals surface area contributed by atoms with E-state index in [0.717, 1.165) is 49.8 Å². The molecule has 2 unspecified atom stereocenters. The molecule has 4 heteroatoms. The van der Waals surface area contributed by atoms with Gasteiger partial charge in [-0.3, -0.25) is 9.59 Å². The Hall–Kier alpha value is -2.36. The molecule has 0 saturated carbocycles. The Bertz CT molecular complexity index is 824. The second kappa shape index (κ2) is 6.27. The average molecular weight is 322 g/mol. The van der Waals surface area contributed by atoms with E-state index in [9.17, 15) is 9.59 Å². The summed E-state index contributed by atoms with van der Waals surface area (Å²) in [7, 11) is 0. The van der Waals surface area contributed by atoms with Crippen LogP contribution in [0.5, 0.6) is 0 Å². The summed E-state index contributed by atoms with van der Waals surface area (Å²) in [5, 5.41) is 3.24. The highest BCUT2D eigenvalue weighted by atomic mass is 16.2. The first-order chi connectivity index (χ1) is 11.7. The van der Waals surface area contributed by atoms with E-state index in [2.05, 4.69) is 22.4 Å². The highest BCUT2D eigenvalue weighted by Gasteiger charge is 2.29. The van der Waals surface area contributed by atoms with E-state index in [-0.39, 0.29) is 23.4 Å². The summed E-state index contributed by atoms with van der Waals surface area (Å²) < 4.78 is 0. The van der Waals surface area contributed by atoms with Crippen LogP contribution in [0.25, 0.3) is 0 Å². The summed E-state index contributed by atoms with van der Waals surface area (Å²) in [6, 6.07) is 11.7. The number of aryl methyl sites for hydroxylation is 2. The van der Waals surface area contributed by atoms with Crippen LogP contribution < -0.4 is 10.9 Å². The molecule has 0 aliphatic heterocycles. The van der Waals surface area contributed by atoms with Crippen molar-refractivity contribution in [2.75, 3.05) is 0 Å². The number of benzene rings is 1. The van der Waals surface area contributed by atoms with Gasteiger partial charge in [0.1, 0.15) is 0 Å². The van der Waals surface area contributed by atoms with E-state index in [1.165, 1.54) is 11.1 Å². The number of amides is 1. The second-order valence-corrected chi connectivity index (χ2v) is 6.85. The predicted molar refractivity (Wildman–Crippen MR) is 93.0 cm³/mol. The van der Waals surface area contributed by atoms with Crippen LogP contribution in [0.1, 0.15) is 60.0 Å². The van der Waals surface area contributed by atoms with Crippen molar-refractivity contribution in [1.82, 2.24) is 10.3 Å². The molecule has 0 saturated heterocycles. The minimum Gasteiger partial charge on any atom is -0.349 e. The largest absolute Gasteiger partial charge is 0.349 e. The SMILES string of the molecule is O=C(NC1CCCc2[nH]c(=O)ccc21)C1CCCc2ccccc21. The second-order valence-electron chi connectivity index (χ2n) is 6.85. The van der Waals surface area contributed by atoms with Gasteiger partial charge in [0, 0.05) is 11.8 Å². The first-order valence-electron chi connectivity index (χ1n) is 8.82. The first kappa shape index (κ1) is 15.2. The van der Waals surface area contributed by atoms with Gasteiger partial charge < -0.3 is 10.3 Å². The number of rotatable bonds is 2. The lowest BCUT2D eigenvalue weighted by atomic mass is 9.82. The van der Waals surface area contributed by atoms with Gasteiger partial charge in [-0.25, -0.2) is 0 Å². The van der Waals surface area contributed by atoms with Crippen LogP contribution >= 0.6 is 0 Å². The van der Waals surface area contributed by atoms with Crippen molar-refractivity contribution in [2.45, 2.75) is 50.5 Å². The third-order valence-electron chi connectivity index (χ3n) is 5.33. The molecule has 1 aromatic carbocycles. The fourth-order valence-electron chi connectivity index (χ4n) is 4.15. The lowest BCUT2D eigenvalue weighted by molar-refractivity contribution is -0.123. The van der Waals surface area contributed by atoms with E-state index in [0.29, 0.717) is 0 Å². The van der Waals surface area contributed by atoms with Crippen molar-refractivity contribution in [3.05, 3.63) is 69.1 Å². The van der Waals surface area contributed by atoms with Gasteiger partial charge in [-0.05, 0) is 61.3 Å². The molecule has 0 spiro atoms. The molecular formula is C20H22N2O2. The fraction of sp³-hybridized carbons (Fsp3) is 0.400. The predicted octanol–water partition coefficient (Wildman–Crippen LogP) is 2.99. The summed E-state index contributed by atoms with van der Waals surface area (Å²) >= 11 is 0. The Kier molecular flexibility index (Phi) is 3.97. The maximum atomic E-state index is 12.9. The molecule has 0 bridgehead atoms. The molecule has 4 rings (SSSR count). The molecule has 1 amide bonds. The zero-order chi connectivity index (χ0) is 16.5. The molecule has 2 N–H and O–H groups in total. The van der Waals surface area contributed by atoms with Crippen LogP contribution in [-0.2, 0) is 17.6 Å². The minimum absolute atomic E-state index is 0.00666. The Balaban J connectivity index is 1.57.